The van der Waals surface area contributed by atoms with Gasteiger partial charge in [-0.3, -0.25) is 4.79 Å². The lowest BCUT2D eigenvalue weighted by Crippen LogP contribution is -2.45. The van der Waals surface area contributed by atoms with Gasteiger partial charge in [-0.05, 0) is 31.0 Å². The van der Waals surface area contributed by atoms with E-state index in [2.05, 4.69) is 0 Å². The summed E-state index contributed by atoms with van der Waals surface area (Å²) in [7, 11) is 0. The maximum absolute atomic E-state index is 11.8. The van der Waals surface area contributed by atoms with Gasteiger partial charge in [0.1, 0.15) is 0 Å². The number of benzene rings is 1. The second-order valence-corrected chi connectivity index (χ2v) is 4.40. The molecule has 3 N–H and O–H groups in total. The van der Waals surface area contributed by atoms with Crippen molar-refractivity contribution in [2.45, 2.75) is 31.9 Å². The minimum Gasteiger partial charge on any atom is -0.399 e. The van der Waals surface area contributed by atoms with Gasteiger partial charge in [0.05, 0.1) is 12.1 Å². The molecule has 0 bridgehead atoms. The van der Waals surface area contributed by atoms with E-state index < -0.39 is 6.10 Å². The number of aliphatic hydroxyl groups is 1. The van der Waals surface area contributed by atoms with Crippen molar-refractivity contribution in [2.24, 2.45) is 0 Å². The first-order valence-electron chi connectivity index (χ1n) is 5.96. The van der Waals surface area contributed by atoms with Gasteiger partial charge in [0.25, 0.3) is 0 Å². The standard InChI is InChI=1S/C13H18N2O2/c1-2-15-12(17)7-6-11(16)13(15)9-4-3-5-10(14)8-9/h3-5,8,11,13,16H,2,6-7,14H2,1H3. The zero-order valence-electron chi connectivity index (χ0n) is 9.97. The number of rotatable bonds is 2. The van der Waals surface area contributed by atoms with E-state index in [-0.39, 0.29) is 11.9 Å². The van der Waals surface area contributed by atoms with Gasteiger partial charge in [-0.2, -0.15) is 0 Å². The Hall–Kier alpha value is -1.55. The molecule has 0 saturated carbocycles. The van der Waals surface area contributed by atoms with Crippen LogP contribution in [0.15, 0.2) is 24.3 Å². The van der Waals surface area contributed by atoms with Crippen LogP contribution in [0.5, 0.6) is 0 Å². The van der Waals surface area contributed by atoms with Crippen molar-refractivity contribution in [1.29, 1.82) is 0 Å². The highest BCUT2D eigenvalue weighted by atomic mass is 16.3. The molecule has 2 rings (SSSR count). The molecule has 0 aromatic heterocycles. The third kappa shape index (κ3) is 2.26. The van der Waals surface area contributed by atoms with Gasteiger partial charge >= 0.3 is 0 Å². The summed E-state index contributed by atoms with van der Waals surface area (Å²) in [6.45, 7) is 2.53. The molecule has 4 heteroatoms. The van der Waals surface area contributed by atoms with Gasteiger partial charge in [-0.15, -0.1) is 0 Å². The normalized spacial score (nSPS) is 25.1. The van der Waals surface area contributed by atoms with Crippen LogP contribution in [0.2, 0.25) is 0 Å². The number of nitrogen functional groups attached to an aromatic ring is 1. The van der Waals surface area contributed by atoms with E-state index in [1.54, 1.807) is 11.0 Å². The van der Waals surface area contributed by atoms with E-state index in [9.17, 15) is 9.90 Å². The Labute approximate surface area is 101 Å². The topological polar surface area (TPSA) is 66.6 Å². The zero-order valence-corrected chi connectivity index (χ0v) is 9.97. The summed E-state index contributed by atoms with van der Waals surface area (Å²) in [5, 5.41) is 10.1. The largest absolute Gasteiger partial charge is 0.399 e. The highest BCUT2D eigenvalue weighted by Gasteiger charge is 2.34. The van der Waals surface area contributed by atoms with E-state index >= 15 is 0 Å². The molecule has 0 radical (unpaired) electrons. The number of likely N-dealkylation sites (tertiary alicyclic amines) is 1. The quantitative estimate of drug-likeness (QED) is 0.758. The van der Waals surface area contributed by atoms with Crippen LogP contribution in [-0.4, -0.2) is 28.6 Å². The Morgan fingerprint density at radius 2 is 2.29 bits per heavy atom. The summed E-state index contributed by atoms with van der Waals surface area (Å²) in [6, 6.07) is 7.13. The molecule has 1 amide bonds. The molecule has 1 aromatic carbocycles. The van der Waals surface area contributed by atoms with Crippen molar-refractivity contribution in [3.05, 3.63) is 29.8 Å². The third-order valence-electron chi connectivity index (χ3n) is 3.27. The molecule has 0 aliphatic carbocycles. The van der Waals surface area contributed by atoms with Crippen LogP contribution in [0.4, 0.5) is 5.69 Å². The summed E-state index contributed by atoms with van der Waals surface area (Å²) in [5.41, 5.74) is 7.31. The summed E-state index contributed by atoms with van der Waals surface area (Å²) in [5.74, 6) is 0.102. The first-order valence-corrected chi connectivity index (χ1v) is 5.96. The summed E-state index contributed by atoms with van der Waals surface area (Å²) >= 11 is 0. The van der Waals surface area contributed by atoms with Crippen LogP contribution < -0.4 is 5.73 Å². The fourth-order valence-electron chi connectivity index (χ4n) is 2.45. The van der Waals surface area contributed by atoms with E-state index in [4.69, 9.17) is 5.73 Å². The number of amides is 1. The molecule has 2 atom stereocenters. The lowest BCUT2D eigenvalue weighted by Gasteiger charge is -2.38. The van der Waals surface area contributed by atoms with E-state index in [1.807, 2.05) is 25.1 Å². The maximum atomic E-state index is 11.8. The van der Waals surface area contributed by atoms with Crippen molar-refractivity contribution < 1.29 is 9.90 Å². The van der Waals surface area contributed by atoms with Crippen molar-refractivity contribution in [3.8, 4) is 0 Å². The van der Waals surface area contributed by atoms with Gasteiger partial charge in [-0.25, -0.2) is 0 Å². The highest BCUT2D eigenvalue weighted by Crippen LogP contribution is 2.32. The fraction of sp³-hybridized carbons (Fsp3) is 0.462. The second-order valence-electron chi connectivity index (χ2n) is 4.40. The summed E-state index contributed by atoms with van der Waals surface area (Å²) in [6.07, 6.45) is 0.442. The van der Waals surface area contributed by atoms with Crippen LogP contribution in [0.25, 0.3) is 0 Å². The van der Waals surface area contributed by atoms with Gasteiger partial charge in [0.15, 0.2) is 0 Å². The Kier molecular flexibility index (Phi) is 3.33. The molecule has 0 spiro atoms. The first-order chi connectivity index (χ1) is 8.13. The number of anilines is 1. The molecule has 1 aromatic rings. The molecule has 1 saturated heterocycles. The minimum atomic E-state index is -0.505. The second kappa shape index (κ2) is 4.75. The van der Waals surface area contributed by atoms with Crippen LogP contribution in [0, 0.1) is 0 Å². The van der Waals surface area contributed by atoms with E-state index in [0.717, 1.165) is 5.56 Å². The highest BCUT2D eigenvalue weighted by molar-refractivity contribution is 5.77. The Balaban J connectivity index is 2.35. The zero-order chi connectivity index (χ0) is 12.4. The molecule has 1 heterocycles. The molecule has 1 fully saturated rings. The number of carbonyl (C=O) groups is 1. The predicted octanol–water partition coefficient (Wildman–Crippen LogP) is 1.31. The molecule has 4 nitrogen and oxygen atoms in total. The molecular weight excluding hydrogens is 216 g/mol. The Bertz CT molecular complexity index is 420. The lowest BCUT2D eigenvalue weighted by atomic mass is 9.92. The predicted molar refractivity (Wildman–Crippen MR) is 66.2 cm³/mol. The summed E-state index contributed by atoms with van der Waals surface area (Å²) in [4.78, 5) is 13.5. The number of likely N-dealkylation sites (N-methyl/N-ethyl adjacent to an activating group) is 1. The maximum Gasteiger partial charge on any atom is 0.223 e. The van der Waals surface area contributed by atoms with Gasteiger partial charge < -0.3 is 15.7 Å². The number of hydrogen-bond donors (Lipinski definition) is 2. The average molecular weight is 234 g/mol. The Morgan fingerprint density at radius 1 is 1.53 bits per heavy atom. The Morgan fingerprint density at radius 3 is 2.94 bits per heavy atom. The van der Waals surface area contributed by atoms with E-state index in [0.29, 0.717) is 25.1 Å². The average Bonchev–Trinajstić information content (AvgIpc) is 2.31. The van der Waals surface area contributed by atoms with Gasteiger partial charge in [0, 0.05) is 18.7 Å². The molecule has 17 heavy (non-hydrogen) atoms. The van der Waals surface area contributed by atoms with Crippen LogP contribution in [-0.2, 0) is 4.79 Å². The lowest BCUT2D eigenvalue weighted by molar-refractivity contribution is -0.141. The van der Waals surface area contributed by atoms with Crippen LogP contribution in [0.3, 0.4) is 0 Å². The van der Waals surface area contributed by atoms with E-state index in [1.165, 1.54) is 0 Å². The van der Waals surface area contributed by atoms with Crippen molar-refractivity contribution >= 4 is 11.6 Å². The minimum absolute atomic E-state index is 0.102. The van der Waals surface area contributed by atoms with Crippen LogP contribution in [0.1, 0.15) is 31.4 Å². The monoisotopic (exact) mass is 234 g/mol. The number of nitrogens with two attached hydrogens (primary N) is 1. The summed E-state index contributed by atoms with van der Waals surface area (Å²) < 4.78 is 0. The van der Waals surface area contributed by atoms with Crippen LogP contribution >= 0.6 is 0 Å². The molecule has 92 valence electrons. The SMILES string of the molecule is CCN1C(=O)CCC(O)C1c1cccc(N)c1. The molecule has 2 unspecified atom stereocenters. The number of nitrogens with zero attached hydrogens (tertiary/aromatic N) is 1. The number of carbonyl (C=O) groups excluding carboxylic acids is 1. The number of piperidine rings is 1. The molecular formula is C13H18N2O2. The fourth-order valence-corrected chi connectivity index (χ4v) is 2.45. The molecule has 1 aliphatic rings. The van der Waals surface area contributed by atoms with Gasteiger partial charge in [0.2, 0.25) is 5.91 Å². The first kappa shape index (κ1) is 11.9. The smallest absolute Gasteiger partial charge is 0.223 e. The van der Waals surface area contributed by atoms with Crippen molar-refractivity contribution in [3.63, 3.8) is 0 Å². The van der Waals surface area contributed by atoms with Crippen molar-refractivity contribution in [2.75, 3.05) is 12.3 Å². The third-order valence-corrected chi connectivity index (χ3v) is 3.27. The number of hydrogen-bond acceptors (Lipinski definition) is 3. The van der Waals surface area contributed by atoms with Gasteiger partial charge in [-0.1, -0.05) is 12.1 Å². The molecule has 1 aliphatic heterocycles. The number of aliphatic hydroxyl groups excluding tert-OH is 1. The van der Waals surface area contributed by atoms with Crippen molar-refractivity contribution in [1.82, 2.24) is 4.90 Å².